The second-order valence-corrected chi connectivity index (χ2v) is 3.23. The van der Waals surface area contributed by atoms with E-state index in [4.69, 9.17) is 4.74 Å². The van der Waals surface area contributed by atoms with Crippen LogP contribution >= 0.6 is 0 Å². The van der Waals surface area contributed by atoms with Crippen LogP contribution in [0.4, 0.5) is 0 Å². The largest absolute Gasteiger partial charge is 0.368 e. The minimum absolute atomic E-state index is 0.265. The van der Waals surface area contributed by atoms with Gasteiger partial charge in [0.25, 0.3) is 0 Å². The Hall–Kier alpha value is -1.42. The van der Waals surface area contributed by atoms with E-state index in [1.54, 1.807) is 0 Å². The molecule has 1 saturated heterocycles. The maximum atomic E-state index is 5.22. The van der Waals surface area contributed by atoms with E-state index in [9.17, 15) is 0 Å². The van der Waals surface area contributed by atoms with E-state index in [0.29, 0.717) is 0 Å². The fraction of sp³-hybridized carbons (Fsp3) is 0.333. The Morgan fingerprint density at radius 2 is 2.23 bits per heavy atom. The molecule has 1 fully saturated rings. The van der Waals surface area contributed by atoms with Gasteiger partial charge in [-0.2, -0.15) is 0 Å². The predicted molar refractivity (Wildman–Crippen MR) is 45.2 cm³/mol. The molecule has 4 heteroatoms. The lowest BCUT2D eigenvalue weighted by atomic mass is 10.0. The van der Waals surface area contributed by atoms with Gasteiger partial charge in [0.15, 0.2) is 0 Å². The average molecular weight is 176 g/mol. The molecule has 66 valence electrons. The van der Waals surface area contributed by atoms with Gasteiger partial charge < -0.3 is 4.74 Å². The first-order valence-electron chi connectivity index (χ1n) is 4.19. The topological polar surface area (TPSA) is 51.5 Å². The Morgan fingerprint density at radius 3 is 3.00 bits per heavy atom. The highest BCUT2D eigenvalue weighted by atomic mass is 16.6. The van der Waals surface area contributed by atoms with Gasteiger partial charge in [-0.3, -0.25) is 0 Å². The third-order valence-corrected chi connectivity index (χ3v) is 2.40. The number of nitrogens with zero attached hydrogens (tertiary/aromatic N) is 2. The second-order valence-electron chi connectivity index (χ2n) is 3.23. The number of hydrogen-bond donors (Lipinski definition) is 0. The maximum absolute atomic E-state index is 5.22. The van der Waals surface area contributed by atoms with Crippen LogP contribution in [0.1, 0.15) is 17.2 Å². The van der Waals surface area contributed by atoms with Crippen molar-refractivity contribution in [2.24, 2.45) is 0 Å². The van der Waals surface area contributed by atoms with Crippen LogP contribution in [0, 0.1) is 6.92 Å². The first-order chi connectivity index (χ1) is 6.36. The lowest BCUT2D eigenvalue weighted by Gasteiger charge is -1.99. The van der Waals surface area contributed by atoms with Crippen molar-refractivity contribution >= 4 is 11.0 Å². The highest BCUT2D eigenvalue weighted by molar-refractivity contribution is 5.78. The van der Waals surface area contributed by atoms with Gasteiger partial charge in [0.2, 0.25) is 0 Å². The maximum Gasteiger partial charge on any atom is 0.138 e. The van der Waals surface area contributed by atoms with Gasteiger partial charge >= 0.3 is 0 Å². The van der Waals surface area contributed by atoms with E-state index in [-0.39, 0.29) is 6.10 Å². The molecule has 3 rings (SSSR count). The fourth-order valence-electron chi connectivity index (χ4n) is 1.57. The zero-order valence-corrected chi connectivity index (χ0v) is 7.15. The normalized spacial score (nSPS) is 20.8. The van der Waals surface area contributed by atoms with Crippen LogP contribution in [0.2, 0.25) is 0 Å². The molecule has 0 radical (unpaired) electrons. The number of ether oxygens (including phenoxy) is 1. The van der Waals surface area contributed by atoms with E-state index < -0.39 is 0 Å². The van der Waals surface area contributed by atoms with Crippen LogP contribution in [0.3, 0.4) is 0 Å². The molecule has 0 bridgehead atoms. The molecule has 1 unspecified atom stereocenters. The fourth-order valence-corrected chi connectivity index (χ4v) is 1.57. The molecule has 1 atom stereocenters. The minimum Gasteiger partial charge on any atom is -0.368 e. The zero-order chi connectivity index (χ0) is 8.84. The van der Waals surface area contributed by atoms with Gasteiger partial charge in [-0.05, 0) is 34.4 Å². The second kappa shape index (κ2) is 2.29. The van der Waals surface area contributed by atoms with Gasteiger partial charge in [-0.25, -0.2) is 4.63 Å². The molecule has 0 N–H and O–H groups in total. The zero-order valence-electron chi connectivity index (χ0n) is 7.15. The standard InChI is InChI=1S/C9H8N2O2/c1-5-6(8-4-12-8)2-3-7-9(5)11-13-10-7/h2-3,8H,4H2,1H3. The Labute approximate surface area is 74.5 Å². The smallest absolute Gasteiger partial charge is 0.138 e. The summed E-state index contributed by atoms with van der Waals surface area (Å²) in [5, 5.41) is 7.62. The Kier molecular flexibility index (Phi) is 1.24. The van der Waals surface area contributed by atoms with Crippen molar-refractivity contribution in [3.63, 3.8) is 0 Å². The van der Waals surface area contributed by atoms with E-state index in [1.165, 1.54) is 5.56 Å². The van der Waals surface area contributed by atoms with E-state index in [1.807, 2.05) is 19.1 Å². The molecule has 2 heterocycles. The van der Waals surface area contributed by atoms with Crippen molar-refractivity contribution in [2.75, 3.05) is 6.61 Å². The van der Waals surface area contributed by atoms with Crippen LogP contribution in [-0.2, 0) is 4.74 Å². The van der Waals surface area contributed by atoms with E-state index in [2.05, 4.69) is 14.9 Å². The molecule has 1 aliphatic heterocycles. The summed E-state index contributed by atoms with van der Waals surface area (Å²) in [6.45, 7) is 2.83. The molecular weight excluding hydrogens is 168 g/mol. The number of hydrogen-bond acceptors (Lipinski definition) is 4. The van der Waals surface area contributed by atoms with Crippen molar-refractivity contribution < 1.29 is 9.37 Å². The van der Waals surface area contributed by atoms with Gasteiger partial charge in [0.1, 0.15) is 17.1 Å². The molecule has 1 aliphatic rings. The van der Waals surface area contributed by atoms with Crippen molar-refractivity contribution in [3.05, 3.63) is 23.3 Å². The summed E-state index contributed by atoms with van der Waals surface area (Å²) in [6, 6.07) is 3.94. The van der Waals surface area contributed by atoms with Crippen LogP contribution in [0.15, 0.2) is 16.8 Å². The molecule has 2 aromatic rings. The summed E-state index contributed by atoms with van der Waals surface area (Å²) in [6.07, 6.45) is 0.265. The molecule has 0 spiro atoms. The summed E-state index contributed by atoms with van der Waals surface area (Å²) in [5.74, 6) is 0. The quantitative estimate of drug-likeness (QED) is 0.619. The van der Waals surface area contributed by atoms with Crippen LogP contribution in [0.25, 0.3) is 11.0 Å². The van der Waals surface area contributed by atoms with E-state index >= 15 is 0 Å². The molecule has 4 nitrogen and oxygen atoms in total. The monoisotopic (exact) mass is 176 g/mol. The number of epoxide rings is 1. The SMILES string of the molecule is Cc1c(C2CO2)ccc2nonc12. The number of aromatic nitrogens is 2. The summed E-state index contributed by atoms with van der Waals surface area (Å²) in [5.41, 5.74) is 3.96. The molecule has 0 amide bonds. The Bertz CT molecular complexity index is 460. The van der Waals surface area contributed by atoms with Gasteiger partial charge in [0, 0.05) is 0 Å². The first-order valence-corrected chi connectivity index (χ1v) is 4.19. The highest BCUT2D eigenvalue weighted by Crippen LogP contribution is 2.34. The third-order valence-electron chi connectivity index (χ3n) is 2.40. The van der Waals surface area contributed by atoms with Gasteiger partial charge in [-0.1, -0.05) is 6.07 Å². The summed E-state index contributed by atoms with van der Waals surface area (Å²) in [4.78, 5) is 0. The number of benzene rings is 1. The number of aryl methyl sites for hydroxylation is 1. The number of fused-ring (bicyclic) bond motifs is 1. The summed E-state index contributed by atoms with van der Waals surface area (Å²) >= 11 is 0. The van der Waals surface area contributed by atoms with Crippen LogP contribution < -0.4 is 0 Å². The first kappa shape index (κ1) is 7.03. The lowest BCUT2D eigenvalue weighted by Crippen LogP contribution is -1.87. The van der Waals surface area contributed by atoms with Gasteiger partial charge in [-0.15, -0.1) is 0 Å². The Morgan fingerprint density at radius 1 is 1.38 bits per heavy atom. The lowest BCUT2D eigenvalue weighted by molar-refractivity contribution is 0.315. The Balaban J connectivity index is 2.30. The molecule has 1 aromatic heterocycles. The van der Waals surface area contributed by atoms with Gasteiger partial charge in [0.05, 0.1) is 6.61 Å². The average Bonchev–Trinajstić information content (AvgIpc) is 2.83. The third kappa shape index (κ3) is 0.954. The van der Waals surface area contributed by atoms with E-state index in [0.717, 1.165) is 23.2 Å². The van der Waals surface area contributed by atoms with Crippen LogP contribution in [0.5, 0.6) is 0 Å². The minimum atomic E-state index is 0.265. The molecule has 13 heavy (non-hydrogen) atoms. The summed E-state index contributed by atoms with van der Waals surface area (Å²) < 4.78 is 9.88. The predicted octanol–water partition coefficient (Wildman–Crippen LogP) is 1.60. The van der Waals surface area contributed by atoms with Crippen molar-refractivity contribution in [1.29, 1.82) is 0 Å². The highest BCUT2D eigenvalue weighted by Gasteiger charge is 2.27. The molecule has 0 saturated carbocycles. The van der Waals surface area contributed by atoms with Crippen molar-refractivity contribution in [2.45, 2.75) is 13.0 Å². The summed E-state index contributed by atoms with van der Waals surface area (Å²) in [7, 11) is 0. The van der Waals surface area contributed by atoms with Crippen LogP contribution in [-0.4, -0.2) is 16.9 Å². The molecule has 0 aliphatic carbocycles. The molecular formula is C9H8N2O2. The molecule has 1 aromatic carbocycles. The van der Waals surface area contributed by atoms with Crippen molar-refractivity contribution in [3.8, 4) is 0 Å². The van der Waals surface area contributed by atoms with Crippen molar-refractivity contribution in [1.82, 2.24) is 10.3 Å². The number of rotatable bonds is 1.